The highest BCUT2D eigenvalue weighted by Crippen LogP contribution is 2.35. The zero-order valence-corrected chi connectivity index (χ0v) is 17.6. The molecule has 0 amide bonds. The molecule has 3 heterocycles. The van der Waals surface area contributed by atoms with Gasteiger partial charge >= 0.3 is 11.9 Å². The first-order valence-corrected chi connectivity index (χ1v) is 10.1. The molecule has 4 rings (SSSR count). The van der Waals surface area contributed by atoms with E-state index in [1.165, 1.54) is 32.7 Å². The van der Waals surface area contributed by atoms with Crippen molar-refractivity contribution in [3.8, 4) is 22.8 Å². The van der Waals surface area contributed by atoms with E-state index in [0.717, 1.165) is 18.2 Å². The summed E-state index contributed by atoms with van der Waals surface area (Å²) in [6.07, 6.45) is -1.94. The van der Waals surface area contributed by atoms with Crippen LogP contribution in [0.3, 0.4) is 0 Å². The van der Waals surface area contributed by atoms with Gasteiger partial charge in [-0.15, -0.1) is 24.5 Å². The average molecular weight is 489 g/mol. The van der Waals surface area contributed by atoms with Crippen molar-refractivity contribution in [1.82, 2.24) is 9.38 Å². The van der Waals surface area contributed by atoms with Crippen molar-refractivity contribution >= 4 is 40.2 Å². The summed E-state index contributed by atoms with van der Waals surface area (Å²) in [5.74, 6) is -1.06. The molecule has 0 bridgehead atoms. The number of halogens is 5. The van der Waals surface area contributed by atoms with E-state index in [1.54, 1.807) is 18.2 Å². The molecule has 6 nitrogen and oxygen atoms in total. The van der Waals surface area contributed by atoms with Gasteiger partial charge in [-0.2, -0.15) is 8.97 Å². The number of benzene rings is 1. The van der Waals surface area contributed by atoms with Crippen molar-refractivity contribution < 1.29 is 27.6 Å². The lowest BCUT2D eigenvalue weighted by atomic mass is 10.1. The molecule has 3 aromatic heterocycles. The van der Waals surface area contributed by atoms with E-state index >= 15 is 0 Å². The molecular weight excluding hydrogens is 478 g/mol. The van der Waals surface area contributed by atoms with Crippen LogP contribution in [0.2, 0.25) is 9.49 Å². The molecule has 0 aliphatic rings. The van der Waals surface area contributed by atoms with Gasteiger partial charge in [0.2, 0.25) is 0 Å². The van der Waals surface area contributed by atoms with E-state index in [0.29, 0.717) is 15.0 Å². The van der Waals surface area contributed by atoms with Crippen LogP contribution in [0.5, 0.6) is 11.6 Å². The maximum Gasteiger partial charge on any atom is 0.573 e. The molecule has 0 radical (unpaired) electrons. The number of fused-ring (bicyclic) bond motifs is 1. The molecule has 1 N–H and O–H groups in total. The normalized spacial score (nSPS) is 11.8. The van der Waals surface area contributed by atoms with Crippen molar-refractivity contribution in [2.45, 2.75) is 12.9 Å². The van der Waals surface area contributed by atoms with Crippen LogP contribution in [0.15, 0.2) is 53.6 Å². The number of thiazole rings is 1. The van der Waals surface area contributed by atoms with Gasteiger partial charge in [-0.05, 0) is 24.3 Å². The first kappa shape index (κ1) is 21.4. The van der Waals surface area contributed by atoms with Gasteiger partial charge in [0, 0.05) is 22.8 Å². The van der Waals surface area contributed by atoms with Crippen molar-refractivity contribution in [3.63, 3.8) is 0 Å². The predicted molar refractivity (Wildman–Crippen MR) is 109 cm³/mol. The minimum Gasteiger partial charge on any atom is -0.477 e. The lowest BCUT2D eigenvalue weighted by Gasteiger charge is -2.13. The minimum atomic E-state index is -4.93. The second kappa shape index (κ2) is 8.03. The summed E-state index contributed by atoms with van der Waals surface area (Å²) in [6, 6.07) is 8.02. The third-order valence-electron chi connectivity index (χ3n) is 4.31. The third kappa shape index (κ3) is 4.32. The van der Waals surface area contributed by atoms with E-state index < -0.39 is 23.6 Å². The fourth-order valence-electron chi connectivity index (χ4n) is 3.08. The number of aromatic nitrogens is 3. The maximum absolute atomic E-state index is 13.1. The van der Waals surface area contributed by atoms with Crippen LogP contribution < -0.4 is 14.9 Å². The molecule has 1 aromatic carbocycles. The second-order valence-corrected chi connectivity index (χ2v) is 8.39. The number of hydrogen-bond donors (Lipinski definition) is 1. The van der Waals surface area contributed by atoms with Gasteiger partial charge < -0.3 is 9.84 Å². The van der Waals surface area contributed by atoms with Crippen molar-refractivity contribution in [1.29, 1.82) is 0 Å². The molecule has 31 heavy (non-hydrogen) atoms. The maximum atomic E-state index is 13.1. The van der Waals surface area contributed by atoms with Gasteiger partial charge in [-0.1, -0.05) is 29.3 Å². The van der Waals surface area contributed by atoms with Crippen LogP contribution in [0.25, 0.3) is 16.8 Å². The number of alkyl halides is 3. The Morgan fingerprint density at radius 1 is 1.23 bits per heavy atom. The summed E-state index contributed by atoms with van der Waals surface area (Å²) in [6.45, 7) is 0.105. The van der Waals surface area contributed by atoms with E-state index in [1.807, 2.05) is 0 Å². The average Bonchev–Trinajstić information content (AvgIpc) is 3.11. The third-order valence-corrected chi connectivity index (χ3v) is 5.74. The standard InChI is InChI=1S/C19H10Cl2F3N3O3S/c20-13-5-4-10(30-19(22,23)24)7-12(13)15-16(28)26-6-2-1-3-14(26)27(17(15)29)9-11-8-25-18(21)31-11/h1-8H,9H2/p+1. The number of nitrogens with zero attached hydrogens (tertiary/aromatic N) is 3. The Balaban J connectivity index is 1.97. The lowest BCUT2D eigenvalue weighted by molar-refractivity contribution is -0.671. The first-order valence-electron chi connectivity index (χ1n) is 8.56. The Bertz CT molecular complexity index is 1350. The van der Waals surface area contributed by atoms with Crippen LogP contribution in [0.1, 0.15) is 4.88 Å². The molecule has 0 spiro atoms. The monoisotopic (exact) mass is 488 g/mol. The quantitative estimate of drug-likeness (QED) is 0.424. The molecule has 0 unspecified atom stereocenters. The predicted octanol–water partition coefficient (Wildman–Crippen LogP) is 4.67. The molecular formula is C19H11Cl2F3N3O3S+. The number of pyridine rings is 1. The summed E-state index contributed by atoms with van der Waals surface area (Å²) in [5, 5.41) is 11.0. The van der Waals surface area contributed by atoms with E-state index in [-0.39, 0.29) is 22.7 Å². The number of rotatable bonds is 4. The topological polar surface area (TPSA) is 67.7 Å². The molecule has 160 valence electrons. The first-order chi connectivity index (χ1) is 14.6. The molecule has 0 aliphatic carbocycles. The van der Waals surface area contributed by atoms with Crippen LogP contribution in [0.4, 0.5) is 13.2 Å². The molecule has 12 heteroatoms. The van der Waals surface area contributed by atoms with Crippen molar-refractivity contribution in [3.05, 3.63) is 73.5 Å². The van der Waals surface area contributed by atoms with Gasteiger partial charge in [0.05, 0.1) is 11.1 Å². The highest BCUT2D eigenvalue weighted by molar-refractivity contribution is 7.15. The van der Waals surface area contributed by atoms with Gasteiger partial charge in [0.25, 0.3) is 11.5 Å². The Morgan fingerprint density at radius 3 is 2.68 bits per heavy atom. The van der Waals surface area contributed by atoms with Crippen molar-refractivity contribution in [2.24, 2.45) is 0 Å². The number of hydrogen-bond acceptors (Lipinski definition) is 5. The fraction of sp³-hybridized carbons (Fsp3) is 0.105. The molecule has 0 aliphatic heterocycles. The summed E-state index contributed by atoms with van der Waals surface area (Å²) in [7, 11) is 0. The Morgan fingerprint density at radius 2 is 2.00 bits per heavy atom. The Kier molecular flexibility index (Phi) is 5.54. The van der Waals surface area contributed by atoms with Crippen LogP contribution >= 0.6 is 34.5 Å². The van der Waals surface area contributed by atoms with E-state index in [9.17, 15) is 23.1 Å². The number of aromatic hydroxyl groups is 1. The largest absolute Gasteiger partial charge is 0.573 e. The zero-order valence-electron chi connectivity index (χ0n) is 15.2. The molecule has 4 aromatic rings. The lowest BCUT2D eigenvalue weighted by Crippen LogP contribution is -2.41. The van der Waals surface area contributed by atoms with E-state index in [2.05, 4.69) is 9.72 Å². The smallest absolute Gasteiger partial charge is 0.477 e. The zero-order chi connectivity index (χ0) is 22.3. The minimum absolute atomic E-state index is 0.0369. The summed E-state index contributed by atoms with van der Waals surface area (Å²) >= 11 is 13.2. The van der Waals surface area contributed by atoms with Crippen LogP contribution in [-0.4, -0.2) is 20.9 Å². The summed E-state index contributed by atoms with van der Waals surface area (Å²) < 4.78 is 44.9. The van der Waals surface area contributed by atoms with Crippen molar-refractivity contribution in [2.75, 3.05) is 0 Å². The highest BCUT2D eigenvalue weighted by Gasteiger charge is 2.32. The molecule has 0 fully saturated rings. The van der Waals surface area contributed by atoms with Crippen LogP contribution in [0, 0.1) is 0 Å². The van der Waals surface area contributed by atoms with E-state index in [4.69, 9.17) is 23.2 Å². The SMILES string of the molecule is O=c1c(-c2cc(OC(F)(F)F)ccc2Cl)c(O)[n+](Cc2cnc(Cl)s2)c2ccccn12. The second-order valence-electron chi connectivity index (χ2n) is 6.29. The van der Waals surface area contributed by atoms with Crippen LogP contribution in [-0.2, 0) is 6.54 Å². The highest BCUT2D eigenvalue weighted by atomic mass is 35.5. The van der Waals surface area contributed by atoms with Gasteiger partial charge in [0.15, 0.2) is 10.0 Å². The van der Waals surface area contributed by atoms with Gasteiger partial charge in [0.1, 0.15) is 12.3 Å². The Labute approximate surface area is 186 Å². The molecule has 0 saturated carbocycles. The van der Waals surface area contributed by atoms with Gasteiger partial charge in [-0.3, -0.25) is 0 Å². The summed E-state index contributed by atoms with van der Waals surface area (Å²) in [5.41, 5.74) is -0.716. The molecule has 0 saturated heterocycles. The van der Waals surface area contributed by atoms with Gasteiger partial charge in [-0.25, -0.2) is 9.78 Å². The Hall–Kier alpha value is -2.82. The fourth-order valence-corrected chi connectivity index (χ4v) is 4.26. The number of ether oxygens (including phenoxy) is 1. The molecule has 0 atom stereocenters. The summed E-state index contributed by atoms with van der Waals surface area (Å²) in [4.78, 5) is 17.8.